The van der Waals surface area contributed by atoms with Crippen molar-refractivity contribution in [3.63, 3.8) is 0 Å². The molecular formula is C14H21N3OS. The number of carbonyl (C=O) groups is 1. The molecule has 4 nitrogen and oxygen atoms in total. The Labute approximate surface area is 118 Å². The number of carbonyl (C=O) groups excluding carboxylic acids is 1. The fourth-order valence-corrected chi connectivity index (χ4v) is 3.50. The topological polar surface area (TPSA) is 58.4 Å². The van der Waals surface area contributed by atoms with Gasteiger partial charge in [-0.05, 0) is 43.8 Å². The molecule has 0 spiro atoms. The quantitative estimate of drug-likeness (QED) is 0.827. The Morgan fingerprint density at radius 3 is 3.05 bits per heavy atom. The number of anilines is 2. The zero-order chi connectivity index (χ0) is 13.8. The first-order valence-electron chi connectivity index (χ1n) is 6.51. The molecule has 1 aromatic rings. The molecule has 0 aliphatic carbocycles. The second-order valence-corrected chi connectivity index (χ2v) is 6.15. The number of likely N-dealkylation sites (N-methyl/N-ethyl adjacent to an activating group) is 1. The number of rotatable bonds is 4. The van der Waals surface area contributed by atoms with Crippen molar-refractivity contribution in [2.45, 2.75) is 19.4 Å². The van der Waals surface area contributed by atoms with Crippen molar-refractivity contribution in [2.75, 3.05) is 36.1 Å². The Morgan fingerprint density at radius 2 is 2.37 bits per heavy atom. The number of nitrogens with two attached hydrogens (primary N) is 1. The van der Waals surface area contributed by atoms with Crippen molar-refractivity contribution >= 4 is 29.0 Å². The number of thioether (sulfide) groups is 1. The molecular weight excluding hydrogens is 258 g/mol. The van der Waals surface area contributed by atoms with E-state index < -0.39 is 0 Å². The highest BCUT2D eigenvalue weighted by Gasteiger charge is 2.21. The van der Waals surface area contributed by atoms with Gasteiger partial charge in [0.25, 0.3) is 0 Å². The van der Waals surface area contributed by atoms with Crippen LogP contribution in [0, 0.1) is 6.92 Å². The third-order valence-corrected chi connectivity index (χ3v) is 4.72. The van der Waals surface area contributed by atoms with Crippen LogP contribution in [-0.4, -0.2) is 41.9 Å². The Hall–Kier alpha value is -1.20. The van der Waals surface area contributed by atoms with Gasteiger partial charge in [-0.25, -0.2) is 0 Å². The highest BCUT2D eigenvalue weighted by molar-refractivity contribution is 7.99. The number of nitrogen functional groups attached to an aromatic ring is 1. The largest absolute Gasteiger partial charge is 0.398 e. The van der Waals surface area contributed by atoms with Crippen LogP contribution in [0.25, 0.3) is 0 Å². The number of hydrogen-bond donors (Lipinski definition) is 2. The van der Waals surface area contributed by atoms with Crippen molar-refractivity contribution in [1.29, 1.82) is 0 Å². The molecule has 1 saturated heterocycles. The summed E-state index contributed by atoms with van der Waals surface area (Å²) in [6.45, 7) is 2.35. The Bertz CT molecular complexity index is 458. The molecule has 0 aromatic heterocycles. The van der Waals surface area contributed by atoms with E-state index in [-0.39, 0.29) is 5.91 Å². The van der Waals surface area contributed by atoms with Crippen LogP contribution in [0.5, 0.6) is 0 Å². The summed E-state index contributed by atoms with van der Waals surface area (Å²) < 4.78 is 0. The van der Waals surface area contributed by atoms with Crippen LogP contribution >= 0.6 is 11.8 Å². The van der Waals surface area contributed by atoms with E-state index in [0.29, 0.717) is 18.3 Å². The number of nitrogens with zero attached hydrogens (tertiary/aromatic N) is 1. The van der Waals surface area contributed by atoms with Gasteiger partial charge in [0.05, 0.1) is 6.54 Å². The highest BCUT2D eigenvalue weighted by Crippen LogP contribution is 2.22. The van der Waals surface area contributed by atoms with Gasteiger partial charge in [-0.2, -0.15) is 11.8 Å². The predicted molar refractivity (Wildman–Crippen MR) is 82.6 cm³/mol. The molecule has 1 aromatic carbocycles. The average Bonchev–Trinajstić information content (AvgIpc) is 2.88. The summed E-state index contributed by atoms with van der Waals surface area (Å²) in [5.74, 6) is 2.35. The molecule has 1 heterocycles. The van der Waals surface area contributed by atoms with E-state index in [4.69, 9.17) is 5.73 Å². The van der Waals surface area contributed by atoms with Gasteiger partial charge in [0.1, 0.15) is 0 Å². The molecule has 1 atom stereocenters. The third kappa shape index (κ3) is 3.64. The van der Waals surface area contributed by atoms with Crippen LogP contribution in [0.1, 0.15) is 12.0 Å². The number of benzene rings is 1. The van der Waals surface area contributed by atoms with Crippen molar-refractivity contribution in [2.24, 2.45) is 0 Å². The molecule has 104 valence electrons. The summed E-state index contributed by atoms with van der Waals surface area (Å²) in [6.07, 6.45) is 1.17. The second-order valence-electron chi connectivity index (χ2n) is 5.00. The summed E-state index contributed by atoms with van der Waals surface area (Å²) >= 11 is 1.96. The predicted octanol–water partition coefficient (Wildman–Crippen LogP) is 1.95. The lowest BCUT2D eigenvalue weighted by atomic mass is 10.1. The zero-order valence-electron chi connectivity index (χ0n) is 11.5. The normalized spacial score (nSPS) is 18.8. The van der Waals surface area contributed by atoms with E-state index >= 15 is 0 Å². The fraction of sp³-hybridized carbons (Fsp3) is 0.500. The Balaban J connectivity index is 1.91. The molecule has 1 fully saturated rings. The molecule has 1 aliphatic rings. The summed E-state index contributed by atoms with van der Waals surface area (Å²) in [4.78, 5) is 14.2. The standard InChI is InChI=1S/C14H21N3OS/c1-10-12(15)4-3-5-13(10)16-14(18)8-17(2)11-6-7-19-9-11/h3-5,11H,6-9,15H2,1-2H3,(H,16,18). The van der Waals surface area contributed by atoms with Gasteiger partial charge in [0, 0.05) is 23.2 Å². The van der Waals surface area contributed by atoms with Crippen molar-refractivity contribution < 1.29 is 4.79 Å². The molecule has 1 aliphatic heterocycles. The van der Waals surface area contributed by atoms with E-state index in [1.807, 2.05) is 43.9 Å². The fourth-order valence-electron chi connectivity index (χ4n) is 2.20. The summed E-state index contributed by atoms with van der Waals surface area (Å²) in [5.41, 5.74) is 8.27. The van der Waals surface area contributed by atoms with E-state index in [1.54, 1.807) is 0 Å². The van der Waals surface area contributed by atoms with Gasteiger partial charge >= 0.3 is 0 Å². The molecule has 0 bridgehead atoms. The van der Waals surface area contributed by atoms with Crippen LogP contribution in [0.4, 0.5) is 11.4 Å². The van der Waals surface area contributed by atoms with Gasteiger partial charge in [0.15, 0.2) is 0 Å². The first-order chi connectivity index (χ1) is 9.08. The van der Waals surface area contributed by atoms with Gasteiger partial charge in [0.2, 0.25) is 5.91 Å². The molecule has 3 N–H and O–H groups in total. The van der Waals surface area contributed by atoms with E-state index in [0.717, 1.165) is 17.0 Å². The Kier molecular flexibility index (Phi) is 4.71. The third-order valence-electron chi connectivity index (χ3n) is 3.57. The van der Waals surface area contributed by atoms with E-state index in [2.05, 4.69) is 10.2 Å². The van der Waals surface area contributed by atoms with Crippen LogP contribution in [0.3, 0.4) is 0 Å². The lowest BCUT2D eigenvalue weighted by Gasteiger charge is -2.22. The SMILES string of the molecule is Cc1c(N)cccc1NC(=O)CN(C)C1CCSC1. The molecule has 1 amide bonds. The minimum Gasteiger partial charge on any atom is -0.398 e. The molecule has 1 unspecified atom stereocenters. The van der Waals surface area contributed by atoms with Gasteiger partial charge < -0.3 is 11.1 Å². The van der Waals surface area contributed by atoms with E-state index in [9.17, 15) is 4.79 Å². The summed E-state index contributed by atoms with van der Waals surface area (Å²) in [6, 6.07) is 6.11. The summed E-state index contributed by atoms with van der Waals surface area (Å²) in [5, 5.41) is 2.94. The van der Waals surface area contributed by atoms with Crippen LogP contribution in [0.2, 0.25) is 0 Å². The van der Waals surface area contributed by atoms with Gasteiger partial charge in [-0.3, -0.25) is 9.69 Å². The minimum atomic E-state index is 0.0214. The first-order valence-corrected chi connectivity index (χ1v) is 7.66. The minimum absolute atomic E-state index is 0.0214. The maximum atomic E-state index is 12.0. The molecule has 5 heteroatoms. The summed E-state index contributed by atoms with van der Waals surface area (Å²) in [7, 11) is 2.02. The van der Waals surface area contributed by atoms with Crippen molar-refractivity contribution in [3.8, 4) is 0 Å². The molecule has 0 saturated carbocycles. The second kappa shape index (κ2) is 6.30. The van der Waals surface area contributed by atoms with Gasteiger partial charge in [-0.1, -0.05) is 6.07 Å². The lowest BCUT2D eigenvalue weighted by molar-refractivity contribution is -0.117. The lowest BCUT2D eigenvalue weighted by Crippen LogP contribution is -2.38. The van der Waals surface area contributed by atoms with E-state index in [1.165, 1.54) is 12.2 Å². The monoisotopic (exact) mass is 279 g/mol. The van der Waals surface area contributed by atoms with Crippen LogP contribution in [-0.2, 0) is 4.79 Å². The average molecular weight is 279 g/mol. The first kappa shape index (κ1) is 14.2. The molecule has 0 radical (unpaired) electrons. The maximum Gasteiger partial charge on any atom is 0.238 e. The van der Waals surface area contributed by atoms with Gasteiger partial charge in [-0.15, -0.1) is 0 Å². The molecule has 2 rings (SSSR count). The smallest absolute Gasteiger partial charge is 0.238 e. The number of amides is 1. The van der Waals surface area contributed by atoms with Crippen LogP contribution in [0.15, 0.2) is 18.2 Å². The highest BCUT2D eigenvalue weighted by atomic mass is 32.2. The van der Waals surface area contributed by atoms with Crippen molar-refractivity contribution in [3.05, 3.63) is 23.8 Å². The van der Waals surface area contributed by atoms with Crippen LogP contribution < -0.4 is 11.1 Å². The van der Waals surface area contributed by atoms with Crippen molar-refractivity contribution in [1.82, 2.24) is 4.90 Å². The molecule has 19 heavy (non-hydrogen) atoms. The zero-order valence-corrected chi connectivity index (χ0v) is 12.3. The number of nitrogens with one attached hydrogen (secondary N) is 1. The maximum absolute atomic E-state index is 12.0. The number of hydrogen-bond acceptors (Lipinski definition) is 4. The Morgan fingerprint density at radius 1 is 1.58 bits per heavy atom.